The minimum atomic E-state index is -0.679. The number of rotatable bonds is 2. The Morgan fingerprint density at radius 1 is 1.44 bits per heavy atom. The fourth-order valence-corrected chi connectivity index (χ4v) is 1.79. The van der Waals surface area contributed by atoms with Crippen LogP contribution in [0.1, 0.15) is 5.69 Å². The van der Waals surface area contributed by atoms with Gasteiger partial charge in [-0.25, -0.2) is 4.39 Å². The van der Waals surface area contributed by atoms with Crippen molar-refractivity contribution in [3.8, 4) is 17.5 Å². The van der Waals surface area contributed by atoms with E-state index >= 15 is 0 Å². The zero-order chi connectivity index (χ0) is 13.3. The zero-order valence-electron chi connectivity index (χ0n) is 9.09. The first-order valence-corrected chi connectivity index (χ1v) is 5.56. The molecule has 0 saturated carbocycles. The maximum atomic E-state index is 13.4. The van der Waals surface area contributed by atoms with E-state index in [9.17, 15) is 4.39 Å². The number of anilines is 1. The largest absolute Gasteiger partial charge is 0.419 e. The molecule has 0 atom stereocenters. The van der Waals surface area contributed by atoms with Crippen LogP contribution in [0.25, 0.3) is 11.5 Å². The lowest BCUT2D eigenvalue weighted by atomic mass is 10.2. The summed E-state index contributed by atoms with van der Waals surface area (Å²) >= 11 is 11.5. The second kappa shape index (κ2) is 4.84. The maximum Gasteiger partial charge on any atom is 0.232 e. The summed E-state index contributed by atoms with van der Waals surface area (Å²) in [6.07, 6.45) is 0. The number of hydrogen-bond donors (Lipinski definition) is 1. The molecule has 1 aromatic carbocycles. The summed E-state index contributed by atoms with van der Waals surface area (Å²) in [5, 5.41) is 11.5. The van der Waals surface area contributed by atoms with Crippen molar-refractivity contribution in [3.05, 3.63) is 33.7 Å². The Morgan fingerprint density at radius 2 is 2.17 bits per heavy atom. The van der Waals surface area contributed by atoms with Crippen molar-refractivity contribution in [2.45, 2.75) is 0 Å². The van der Waals surface area contributed by atoms with E-state index in [2.05, 4.69) is 10.3 Å². The summed E-state index contributed by atoms with van der Waals surface area (Å²) in [5.41, 5.74) is 0.253. The Bertz CT molecular complexity index is 648. The quantitative estimate of drug-likeness (QED) is 0.855. The van der Waals surface area contributed by atoms with Gasteiger partial charge in [-0.3, -0.25) is 0 Å². The van der Waals surface area contributed by atoms with Gasteiger partial charge in [0.1, 0.15) is 11.9 Å². The molecule has 92 valence electrons. The average molecular weight is 286 g/mol. The summed E-state index contributed by atoms with van der Waals surface area (Å²) in [5.74, 6) is -0.465. The molecule has 4 nitrogen and oxygen atoms in total. The Hall–Kier alpha value is -1.77. The highest BCUT2D eigenvalue weighted by atomic mass is 35.5. The number of benzene rings is 1. The van der Waals surface area contributed by atoms with E-state index in [0.717, 1.165) is 6.07 Å². The molecule has 0 radical (unpaired) electrons. The van der Waals surface area contributed by atoms with Crippen molar-refractivity contribution >= 4 is 29.1 Å². The van der Waals surface area contributed by atoms with Crippen LogP contribution < -0.4 is 5.32 Å². The molecule has 0 unspecified atom stereocenters. The number of oxazole rings is 1. The van der Waals surface area contributed by atoms with Crippen LogP contribution in [0.15, 0.2) is 16.5 Å². The molecule has 7 heteroatoms. The van der Waals surface area contributed by atoms with Gasteiger partial charge in [0.2, 0.25) is 17.5 Å². The topological polar surface area (TPSA) is 61.9 Å². The molecule has 0 aliphatic rings. The summed E-state index contributed by atoms with van der Waals surface area (Å²) in [6.45, 7) is 0. The lowest BCUT2D eigenvalue weighted by molar-refractivity contribution is 0.586. The predicted octanol–water partition coefficient (Wildman–Crippen LogP) is 3.70. The van der Waals surface area contributed by atoms with Gasteiger partial charge >= 0.3 is 0 Å². The van der Waals surface area contributed by atoms with Crippen LogP contribution in [0, 0.1) is 17.1 Å². The molecule has 0 bridgehead atoms. The predicted molar refractivity (Wildman–Crippen MR) is 66.2 cm³/mol. The number of nitrogens with one attached hydrogen (secondary N) is 1. The van der Waals surface area contributed by atoms with Crippen molar-refractivity contribution in [3.63, 3.8) is 0 Å². The van der Waals surface area contributed by atoms with Crippen molar-refractivity contribution in [1.29, 1.82) is 5.26 Å². The number of hydrogen-bond acceptors (Lipinski definition) is 4. The van der Waals surface area contributed by atoms with E-state index in [-0.39, 0.29) is 33.1 Å². The van der Waals surface area contributed by atoms with Gasteiger partial charge in [-0.1, -0.05) is 23.2 Å². The van der Waals surface area contributed by atoms with Crippen molar-refractivity contribution in [1.82, 2.24) is 4.98 Å². The van der Waals surface area contributed by atoms with E-state index in [1.54, 1.807) is 7.05 Å². The van der Waals surface area contributed by atoms with Gasteiger partial charge in [-0.2, -0.15) is 10.2 Å². The Kier molecular flexibility index (Phi) is 3.41. The molecular formula is C11H6Cl2FN3O. The summed E-state index contributed by atoms with van der Waals surface area (Å²) < 4.78 is 18.7. The minimum Gasteiger partial charge on any atom is -0.419 e. The third-order valence-corrected chi connectivity index (χ3v) is 2.79. The molecule has 1 aromatic heterocycles. The average Bonchev–Trinajstić information content (AvgIpc) is 2.76. The molecule has 0 spiro atoms. The Morgan fingerprint density at radius 3 is 2.72 bits per heavy atom. The maximum absolute atomic E-state index is 13.4. The van der Waals surface area contributed by atoms with Crippen LogP contribution >= 0.6 is 23.2 Å². The highest BCUT2D eigenvalue weighted by molar-refractivity contribution is 6.35. The van der Waals surface area contributed by atoms with E-state index in [1.807, 2.05) is 6.07 Å². The second-order valence-electron chi connectivity index (χ2n) is 3.31. The lowest BCUT2D eigenvalue weighted by Crippen LogP contribution is -1.87. The van der Waals surface area contributed by atoms with Crippen molar-refractivity contribution in [2.24, 2.45) is 0 Å². The molecular weight excluding hydrogens is 280 g/mol. The molecule has 1 N–H and O–H groups in total. The van der Waals surface area contributed by atoms with Crippen molar-refractivity contribution in [2.75, 3.05) is 12.4 Å². The first-order valence-electron chi connectivity index (χ1n) is 4.80. The third kappa shape index (κ3) is 2.13. The van der Waals surface area contributed by atoms with Crippen LogP contribution in [-0.2, 0) is 0 Å². The van der Waals surface area contributed by atoms with Gasteiger partial charge in [0, 0.05) is 12.1 Å². The molecule has 0 fully saturated rings. The smallest absolute Gasteiger partial charge is 0.232 e. The summed E-state index contributed by atoms with van der Waals surface area (Å²) in [7, 11) is 1.57. The van der Waals surface area contributed by atoms with E-state index < -0.39 is 5.82 Å². The van der Waals surface area contributed by atoms with E-state index in [0.29, 0.717) is 0 Å². The monoisotopic (exact) mass is 285 g/mol. The minimum absolute atomic E-state index is 0.0299. The Balaban J connectivity index is 2.63. The fourth-order valence-electron chi connectivity index (χ4n) is 1.39. The normalized spacial score (nSPS) is 10.2. The van der Waals surface area contributed by atoms with Crippen LogP contribution in [0.4, 0.5) is 10.3 Å². The van der Waals surface area contributed by atoms with Gasteiger partial charge in [0.25, 0.3) is 0 Å². The SMILES string of the molecule is CNc1oc(-c2cc(Cl)cc(F)c2Cl)nc1C#N. The van der Waals surface area contributed by atoms with Crippen LogP contribution in [-0.4, -0.2) is 12.0 Å². The van der Waals surface area contributed by atoms with Gasteiger partial charge in [0.05, 0.1) is 10.6 Å². The fraction of sp³-hybridized carbons (Fsp3) is 0.0909. The van der Waals surface area contributed by atoms with Crippen molar-refractivity contribution < 1.29 is 8.81 Å². The molecule has 1 heterocycles. The molecule has 0 aliphatic carbocycles. The number of nitrogens with zero attached hydrogens (tertiary/aromatic N) is 2. The zero-order valence-corrected chi connectivity index (χ0v) is 10.6. The molecule has 2 aromatic rings. The van der Waals surface area contributed by atoms with Crippen LogP contribution in [0.2, 0.25) is 10.0 Å². The number of halogens is 3. The molecule has 0 amide bonds. The summed E-state index contributed by atoms with van der Waals surface area (Å²) in [4.78, 5) is 3.91. The van der Waals surface area contributed by atoms with E-state index in [4.69, 9.17) is 32.9 Å². The van der Waals surface area contributed by atoms with Gasteiger partial charge in [-0.15, -0.1) is 0 Å². The summed E-state index contributed by atoms with van der Waals surface area (Å²) in [6, 6.07) is 4.35. The third-order valence-electron chi connectivity index (χ3n) is 2.18. The van der Waals surface area contributed by atoms with Gasteiger partial charge < -0.3 is 9.73 Å². The highest BCUT2D eigenvalue weighted by Gasteiger charge is 2.18. The first-order chi connectivity index (χ1) is 8.56. The van der Waals surface area contributed by atoms with Crippen LogP contribution in [0.3, 0.4) is 0 Å². The van der Waals surface area contributed by atoms with Gasteiger partial charge in [-0.05, 0) is 12.1 Å². The van der Waals surface area contributed by atoms with Gasteiger partial charge in [0.15, 0.2) is 0 Å². The molecule has 18 heavy (non-hydrogen) atoms. The highest BCUT2D eigenvalue weighted by Crippen LogP contribution is 2.34. The number of aromatic nitrogens is 1. The van der Waals surface area contributed by atoms with E-state index in [1.165, 1.54) is 6.07 Å². The standard InChI is InChI=1S/C11H6Cl2FN3O/c1-16-11-8(4-15)17-10(18-11)6-2-5(12)3-7(14)9(6)13/h2-3,16H,1H3. The molecule has 2 rings (SSSR count). The second-order valence-corrected chi connectivity index (χ2v) is 4.12. The lowest BCUT2D eigenvalue weighted by Gasteiger charge is -2.01. The first kappa shape index (κ1) is 12.7. The van der Waals surface area contributed by atoms with Crippen LogP contribution in [0.5, 0.6) is 0 Å². The number of nitriles is 1. The Labute approximate surface area is 112 Å². The molecule has 0 saturated heterocycles. The molecule has 0 aliphatic heterocycles.